The Morgan fingerprint density at radius 1 is 1.21 bits per heavy atom. The molecule has 1 N–H and O–H groups in total. The van der Waals surface area contributed by atoms with Crippen molar-refractivity contribution in [3.8, 4) is 0 Å². The van der Waals surface area contributed by atoms with Crippen LogP contribution in [-0.2, 0) is 6.54 Å². The first kappa shape index (κ1) is 17.1. The first-order valence-electron chi connectivity index (χ1n) is 6.89. The van der Waals surface area contributed by atoms with Crippen molar-refractivity contribution in [2.75, 3.05) is 0 Å². The largest absolute Gasteiger partial charge is 0.308 e. The normalized spacial score (nSPS) is 13.9. The fraction of sp³-hybridized carbons (Fsp3) is 0.625. The van der Waals surface area contributed by atoms with Crippen LogP contribution in [0.5, 0.6) is 0 Å². The second-order valence-electron chi connectivity index (χ2n) is 6.42. The number of thioether (sulfide) groups is 1. The van der Waals surface area contributed by atoms with E-state index in [-0.39, 0.29) is 5.54 Å². The van der Waals surface area contributed by atoms with Crippen LogP contribution in [0, 0.1) is 5.92 Å². The Hall–Kier alpha value is 0.01000. The molecule has 0 bridgehead atoms. The minimum atomic E-state index is 0.151. The zero-order chi connectivity index (χ0) is 14.6. The van der Waals surface area contributed by atoms with Crippen LogP contribution in [-0.4, -0.2) is 10.8 Å². The fourth-order valence-corrected chi connectivity index (χ4v) is 3.15. The van der Waals surface area contributed by atoms with Gasteiger partial charge in [-0.3, -0.25) is 0 Å². The number of benzene rings is 1. The van der Waals surface area contributed by atoms with Gasteiger partial charge in [-0.2, -0.15) is 0 Å². The number of rotatable bonds is 5. The molecule has 0 aromatic heterocycles. The molecular weight excluding hydrogens is 318 g/mol. The van der Waals surface area contributed by atoms with Crippen molar-refractivity contribution in [3.63, 3.8) is 0 Å². The molecule has 0 saturated heterocycles. The summed E-state index contributed by atoms with van der Waals surface area (Å²) in [4.78, 5) is 1.38. The summed E-state index contributed by atoms with van der Waals surface area (Å²) in [6.07, 6.45) is 0. The highest BCUT2D eigenvalue weighted by molar-refractivity contribution is 9.10. The molecule has 0 heterocycles. The molecule has 0 aliphatic rings. The smallest absolute Gasteiger partial charge is 0.0221 e. The lowest BCUT2D eigenvalue weighted by molar-refractivity contribution is 0.422. The first-order chi connectivity index (χ1) is 8.69. The van der Waals surface area contributed by atoms with E-state index in [1.54, 1.807) is 0 Å². The highest BCUT2D eigenvalue weighted by Crippen LogP contribution is 2.32. The highest BCUT2D eigenvalue weighted by atomic mass is 79.9. The lowest BCUT2D eigenvalue weighted by Gasteiger charge is -2.23. The van der Waals surface area contributed by atoms with Gasteiger partial charge in [0.2, 0.25) is 0 Å². The molecule has 19 heavy (non-hydrogen) atoms. The van der Waals surface area contributed by atoms with E-state index in [9.17, 15) is 0 Å². The Bertz CT molecular complexity index is 410. The molecule has 1 atom stereocenters. The maximum absolute atomic E-state index is 3.58. The van der Waals surface area contributed by atoms with Crippen molar-refractivity contribution in [2.24, 2.45) is 5.92 Å². The van der Waals surface area contributed by atoms with Crippen LogP contribution in [0.15, 0.2) is 27.6 Å². The number of hydrogen-bond acceptors (Lipinski definition) is 2. The van der Waals surface area contributed by atoms with Crippen molar-refractivity contribution in [1.29, 1.82) is 0 Å². The third kappa shape index (κ3) is 6.33. The lowest BCUT2D eigenvalue weighted by atomic mass is 10.1. The van der Waals surface area contributed by atoms with Gasteiger partial charge < -0.3 is 5.32 Å². The summed E-state index contributed by atoms with van der Waals surface area (Å²) in [6.45, 7) is 14.4. The van der Waals surface area contributed by atoms with Crippen LogP contribution in [0.25, 0.3) is 0 Å². The van der Waals surface area contributed by atoms with E-state index >= 15 is 0 Å². The van der Waals surface area contributed by atoms with E-state index in [2.05, 4.69) is 81.0 Å². The van der Waals surface area contributed by atoms with Crippen molar-refractivity contribution in [2.45, 2.75) is 63.8 Å². The van der Waals surface area contributed by atoms with Gasteiger partial charge in [0.15, 0.2) is 0 Å². The average Bonchev–Trinajstić information content (AvgIpc) is 2.26. The number of halogens is 1. The van der Waals surface area contributed by atoms with Gasteiger partial charge in [-0.25, -0.2) is 0 Å². The number of nitrogens with one attached hydrogen (secondary N) is 1. The minimum absolute atomic E-state index is 0.151. The van der Waals surface area contributed by atoms with E-state index in [4.69, 9.17) is 0 Å². The van der Waals surface area contributed by atoms with Gasteiger partial charge in [0.05, 0.1) is 0 Å². The monoisotopic (exact) mass is 343 g/mol. The van der Waals surface area contributed by atoms with Crippen molar-refractivity contribution >= 4 is 27.7 Å². The predicted molar refractivity (Wildman–Crippen MR) is 90.9 cm³/mol. The maximum atomic E-state index is 3.58. The third-order valence-electron chi connectivity index (χ3n) is 3.09. The molecule has 0 aliphatic carbocycles. The fourth-order valence-electron chi connectivity index (χ4n) is 1.48. The summed E-state index contributed by atoms with van der Waals surface area (Å²) >= 11 is 5.55. The van der Waals surface area contributed by atoms with Gasteiger partial charge in [-0.05, 0) is 44.4 Å². The zero-order valence-corrected chi connectivity index (χ0v) is 15.3. The molecule has 1 unspecified atom stereocenters. The molecule has 0 spiro atoms. The molecule has 0 saturated carbocycles. The summed E-state index contributed by atoms with van der Waals surface area (Å²) in [5.41, 5.74) is 1.54. The molecule has 1 aromatic rings. The van der Waals surface area contributed by atoms with E-state index in [1.165, 1.54) is 10.5 Å². The quantitative estimate of drug-likeness (QED) is 0.711. The van der Waals surface area contributed by atoms with Crippen LogP contribution < -0.4 is 5.32 Å². The molecule has 3 heteroatoms. The van der Waals surface area contributed by atoms with E-state index in [0.29, 0.717) is 11.2 Å². The topological polar surface area (TPSA) is 12.0 Å². The standard InChI is InChI=1S/C16H26BrNS/c1-11(2)12(3)19-15-9-14(17)8-7-13(15)10-18-16(4,5)6/h7-9,11-12,18H,10H2,1-6H3. The van der Waals surface area contributed by atoms with Crippen LogP contribution in [0.2, 0.25) is 0 Å². The van der Waals surface area contributed by atoms with E-state index in [1.807, 2.05) is 11.8 Å². The zero-order valence-electron chi connectivity index (χ0n) is 12.9. The van der Waals surface area contributed by atoms with Crippen molar-refractivity contribution in [1.82, 2.24) is 5.32 Å². The van der Waals surface area contributed by atoms with Gasteiger partial charge in [0.25, 0.3) is 0 Å². The molecule has 1 aromatic carbocycles. The second kappa shape index (κ2) is 7.14. The minimum Gasteiger partial charge on any atom is -0.308 e. The molecular formula is C16H26BrNS. The predicted octanol–water partition coefficient (Wildman–Crippen LogP) is 5.47. The molecule has 0 aliphatic heterocycles. The molecule has 108 valence electrons. The molecule has 0 radical (unpaired) electrons. The molecule has 0 amide bonds. The summed E-state index contributed by atoms with van der Waals surface area (Å²) in [5.74, 6) is 0.687. The average molecular weight is 344 g/mol. The Labute approximate surface area is 131 Å². The Balaban J connectivity index is 2.85. The first-order valence-corrected chi connectivity index (χ1v) is 8.56. The SMILES string of the molecule is CC(C)C(C)Sc1cc(Br)ccc1CNC(C)(C)C. The molecule has 1 rings (SSSR count). The summed E-state index contributed by atoms with van der Waals surface area (Å²) in [5, 5.41) is 4.20. The van der Waals surface area contributed by atoms with Crippen LogP contribution >= 0.6 is 27.7 Å². The third-order valence-corrected chi connectivity index (χ3v) is 5.13. The van der Waals surface area contributed by atoms with Crippen LogP contribution in [0.4, 0.5) is 0 Å². The van der Waals surface area contributed by atoms with Gasteiger partial charge >= 0.3 is 0 Å². The Morgan fingerprint density at radius 3 is 2.37 bits per heavy atom. The van der Waals surface area contributed by atoms with E-state index < -0.39 is 0 Å². The highest BCUT2D eigenvalue weighted by Gasteiger charge is 2.14. The van der Waals surface area contributed by atoms with Crippen molar-refractivity contribution in [3.05, 3.63) is 28.2 Å². The van der Waals surface area contributed by atoms with E-state index in [0.717, 1.165) is 11.0 Å². The van der Waals surface area contributed by atoms with Crippen LogP contribution in [0.3, 0.4) is 0 Å². The maximum Gasteiger partial charge on any atom is 0.0221 e. The Kier molecular flexibility index (Phi) is 6.41. The van der Waals surface area contributed by atoms with Gasteiger partial charge in [0.1, 0.15) is 0 Å². The molecule has 0 fully saturated rings. The Morgan fingerprint density at radius 2 is 1.84 bits per heavy atom. The van der Waals surface area contributed by atoms with Crippen LogP contribution in [0.1, 0.15) is 47.1 Å². The number of hydrogen-bond donors (Lipinski definition) is 1. The summed E-state index contributed by atoms with van der Waals surface area (Å²) in [6, 6.07) is 6.59. The second-order valence-corrected chi connectivity index (χ2v) is 8.76. The lowest BCUT2D eigenvalue weighted by Crippen LogP contribution is -2.35. The summed E-state index contributed by atoms with van der Waals surface area (Å²) < 4.78 is 1.16. The van der Waals surface area contributed by atoms with Crippen molar-refractivity contribution < 1.29 is 0 Å². The molecule has 1 nitrogen and oxygen atoms in total. The van der Waals surface area contributed by atoms with Gasteiger partial charge in [-0.1, -0.05) is 42.8 Å². The van der Waals surface area contributed by atoms with Gasteiger partial charge in [-0.15, -0.1) is 11.8 Å². The summed E-state index contributed by atoms with van der Waals surface area (Å²) in [7, 11) is 0. The van der Waals surface area contributed by atoms with Gasteiger partial charge in [0, 0.05) is 26.7 Å².